The fraction of sp³-hybridized carbons (Fsp3) is 0.611. The molecule has 1 aromatic carbocycles. The minimum atomic E-state index is 0.0173. The number of methoxy groups -OCH3 is 1. The smallest absolute Gasteiger partial charge is 0.251 e. The maximum Gasteiger partial charge on any atom is 0.251 e. The van der Waals surface area contributed by atoms with E-state index in [9.17, 15) is 4.79 Å². The van der Waals surface area contributed by atoms with Crippen LogP contribution in [-0.2, 0) is 11.3 Å². The van der Waals surface area contributed by atoms with Crippen LogP contribution in [0.1, 0.15) is 42.1 Å². The van der Waals surface area contributed by atoms with E-state index in [1.54, 1.807) is 7.11 Å². The molecule has 0 spiro atoms. The molecule has 1 saturated heterocycles. The van der Waals surface area contributed by atoms with Crippen LogP contribution >= 0.6 is 0 Å². The number of ether oxygens (including phenoxy) is 1. The molecule has 22 heavy (non-hydrogen) atoms. The molecule has 122 valence electrons. The Labute approximate surface area is 133 Å². The number of nitrogens with one attached hydrogen (secondary N) is 1. The summed E-state index contributed by atoms with van der Waals surface area (Å²) in [4.78, 5) is 14.9. The molecule has 1 heterocycles. The van der Waals surface area contributed by atoms with Gasteiger partial charge >= 0.3 is 0 Å². The number of carbonyl (C=O) groups is 1. The van der Waals surface area contributed by atoms with E-state index in [1.807, 2.05) is 24.3 Å². The number of nitrogens with zero attached hydrogens (tertiary/aromatic N) is 1. The third-order valence-electron chi connectivity index (χ3n) is 4.36. The number of hydrogen-bond acceptors (Lipinski definition) is 3. The van der Waals surface area contributed by atoms with Gasteiger partial charge in [-0.15, -0.1) is 0 Å². The number of piperidine rings is 1. The second kappa shape index (κ2) is 8.91. The summed E-state index contributed by atoms with van der Waals surface area (Å²) in [5, 5.41) is 3.10. The van der Waals surface area contributed by atoms with E-state index in [0.717, 1.165) is 30.8 Å². The van der Waals surface area contributed by atoms with Crippen molar-refractivity contribution in [2.24, 2.45) is 5.92 Å². The highest BCUT2D eigenvalue weighted by atomic mass is 16.5. The van der Waals surface area contributed by atoms with Crippen molar-refractivity contribution in [3.8, 4) is 0 Å². The Morgan fingerprint density at radius 1 is 1.32 bits per heavy atom. The molecule has 1 aliphatic rings. The molecular formula is C18H28N2O2. The van der Waals surface area contributed by atoms with Gasteiger partial charge in [-0.05, 0) is 56.4 Å². The van der Waals surface area contributed by atoms with E-state index in [4.69, 9.17) is 4.74 Å². The molecule has 1 N–H and O–H groups in total. The first-order chi connectivity index (χ1) is 10.7. The third kappa shape index (κ3) is 4.82. The molecule has 1 aromatic rings. The van der Waals surface area contributed by atoms with Crippen LogP contribution in [0.2, 0.25) is 0 Å². The van der Waals surface area contributed by atoms with Crippen molar-refractivity contribution >= 4 is 5.91 Å². The summed E-state index contributed by atoms with van der Waals surface area (Å²) in [6.07, 6.45) is 3.58. The molecule has 0 aromatic heterocycles. The lowest BCUT2D eigenvalue weighted by molar-refractivity contribution is 0.0931. The Kier molecular flexibility index (Phi) is 6.87. The Morgan fingerprint density at radius 3 is 2.73 bits per heavy atom. The first-order valence-electron chi connectivity index (χ1n) is 8.32. The monoisotopic (exact) mass is 304 g/mol. The second-order valence-corrected chi connectivity index (χ2v) is 6.09. The molecule has 2 rings (SSSR count). The van der Waals surface area contributed by atoms with Crippen LogP contribution < -0.4 is 5.32 Å². The standard InChI is InChI=1S/C18H28N2O2/c1-3-10-20-11-8-15(9-12-20)13-19-18(21)17-7-5-4-6-16(17)14-22-2/h4-7,15H,3,8-14H2,1-2H3,(H,19,21). The summed E-state index contributed by atoms with van der Waals surface area (Å²) >= 11 is 0. The SMILES string of the molecule is CCCN1CCC(CNC(=O)c2ccccc2COC)CC1. The predicted octanol–water partition coefficient (Wildman–Crippen LogP) is 2.68. The van der Waals surface area contributed by atoms with Crippen molar-refractivity contribution in [3.05, 3.63) is 35.4 Å². The fourth-order valence-electron chi connectivity index (χ4n) is 3.09. The molecule has 0 unspecified atom stereocenters. The van der Waals surface area contributed by atoms with Gasteiger partial charge in [-0.2, -0.15) is 0 Å². The number of amides is 1. The Bertz CT molecular complexity index is 468. The zero-order chi connectivity index (χ0) is 15.8. The molecular weight excluding hydrogens is 276 g/mol. The van der Waals surface area contributed by atoms with Gasteiger partial charge < -0.3 is 15.0 Å². The van der Waals surface area contributed by atoms with Crippen LogP contribution in [0.3, 0.4) is 0 Å². The van der Waals surface area contributed by atoms with Crippen molar-refractivity contribution in [2.75, 3.05) is 33.3 Å². The summed E-state index contributed by atoms with van der Waals surface area (Å²) in [6.45, 7) is 7.00. The van der Waals surface area contributed by atoms with E-state index in [2.05, 4.69) is 17.1 Å². The van der Waals surface area contributed by atoms with E-state index in [-0.39, 0.29) is 5.91 Å². The number of hydrogen-bond donors (Lipinski definition) is 1. The van der Waals surface area contributed by atoms with E-state index < -0.39 is 0 Å². The van der Waals surface area contributed by atoms with Crippen LogP contribution in [0.4, 0.5) is 0 Å². The van der Waals surface area contributed by atoms with Crippen LogP contribution in [0.25, 0.3) is 0 Å². The summed E-state index contributed by atoms with van der Waals surface area (Å²) < 4.78 is 5.16. The molecule has 0 bridgehead atoms. The van der Waals surface area contributed by atoms with Crippen LogP contribution in [0.5, 0.6) is 0 Å². The van der Waals surface area contributed by atoms with Gasteiger partial charge in [0.25, 0.3) is 5.91 Å². The third-order valence-corrected chi connectivity index (χ3v) is 4.36. The lowest BCUT2D eigenvalue weighted by Gasteiger charge is -2.31. The molecule has 0 aliphatic carbocycles. The first kappa shape index (κ1) is 17.0. The van der Waals surface area contributed by atoms with Gasteiger partial charge in [0.1, 0.15) is 0 Å². The van der Waals surface area contributed by atoms with Crippen molar-refractivity contribution in [2.45, 2.75) is 32.8 Å². The summed E-state index contributed by atoms with van der Waals surface area (Å²) in [7, 11) is 1.65. The molecule has 1 fully saturated rings. The molecule has 1 amide bonds. The minimum Gasteiger partial charge on any atom is -0.380 e. The topological polar surface area (TPSA) is 41.6 Å². The second-order valence-electron chi connectivity index (χ2n) is 6.09. The molecule has 0 radical (unpaired) electrons. The van der Waals surface area contributed by atoms with E-state index in [0.29, 0.717) is 12.5 Å². The van der Waals surface area contributed by atoms with Crippen molar-refractivity contribution in [1.82, 2.24) is 10.2 Å². The van der Waals surface area contributed by atoms with E-state index in [1.165, 1.54) is 25.8 Å². The zero-order valence-corrected chi connectivity index (χ0v) is 13.8. The fourth-order valence-corrected chi connectivity index (χ4v) is 3.09. The number of likely N-dealkylation sites (tertiary alicyclic amines) is 1. The summed E-state index contributed by atoms with van der Waals surface area (Å²) in [5.41, 5.74) is 1.67. The molecule has 0 saturated carbocycles. The highest BCUT2D eigenvalue weighted by Crippen LogP contribution is 2.17. The Hall–Kier alpha value is -1.39. The number of carbonyl (C=O) groups excluding carboxylic acids is 1. The lowest BCUT2D eigenvalue weighted by atomic mass is 9.96. The Morgan fingerprint density at radius 2 is 2.05 bits per heavy atom. The molecule has 0 atom stereocenters. The highest BCUT2D eigenvalue weighted by molar-refractivity contribution is 5.95. The number of benzene rings is 1. The van der Waals surface area contributed by atoms with Crippen LogP contribution in [0, 0.1) is 5.92 Å². The first-order valence-corrected chi connectivity index (χ1v) is 8.32. The van der Waals surface area contributed by atoms with Gasteiger partial charge in [0.2, 0.25) is 0 Å². The van der Waals surface area contributed by atoms with Gasteiger partial charge in [-0.1, -0.05) is 25.1 Å². The maximum absolute atomic E-state index is 12.4. The summed E-state index contributed by atoms with van der Waals surface area (Å²) in [6, 6.07) is 7.65. The predicted molar refractivity (Wildman–Crippen MR) is 88.9 cm³/mol. The zero-order valence-electron chi connectivity index (χ0n) is 13.8. The van der Waals surface area contributed by atoms with Crippen molar-refractivity contribution < 1.29 is 9.53 Å². The highest BCUT2D eigenvalue weighted by Gasteiger charge is 2.19. The Balaban J connectivity index is 1.81. The number of rotatable bonds is 7. The minimum absolute atomic E-state index is 0.0173. The van der Waals surface area contributed by atoms with Crippen molar-refractivity contribution in [1.29, 1.82) is 0 Å². The van der Waals surface area contributed by atoms with Crippen LogP contribution in [0.15, 0.2) is 24.3 Å². The largest absolute Gasteiger partial charge is 0.380 e. The van der Waals surface area contributed by atoms with Gasteiger partial charge in [0.15, 0.2) is 0 Å². The average Bonchev–Trinajstić information content (AvgIpc) is 2.55. The van der Waals surface area contributed by atoms with Crippen molar-refractivity contribution in [3.63, 3.8) is 0 Å². The maximum atomic E-state index is 12.4. The normalized spacial score (nSPS) is 16.6. The van der Waals surface area contributed by atoms with Gasteiger partial charge in [-0.3, -0.25) is 4.79 Å². The average molecular weight is 304 g/mol. The van der Waals surface area contributed by atoms with Gasteiger partial charge in [0, 0.05) is 19.2 Å². The van der Waals surface area contributed by atoms with Gasteiger partial charge in [0.05, 0.1) is 6.61 Å². The lowest BCUT2D eigenvalue weighted by Crippen LogP contribution is -2.39. The summed E-state index contributed by atoms with van der Waals surface area (Å²) in [5.74, 6) is 0.621. The van der Waals surface area contributed by atoms with E-state index >= 15 is 0 Å². The molecule has 1 aliphatic heterocycles. The van der Waals surface area contributed by atoms with Crippen LogP contribution in [-0.4, -0.2) is 44.1 Å². The molecule has 4 heteroatoms. The quantitative estimate of drug-likeness (QED) is 0.842. The van der Waals surface area contributed by atoms with Gasteiger partial charge in [-0.25, -0.2) is 0 Å². The molecule has 4 nitrogen and oxygen atoms in total.